The Morgan fingerprint density at radius 2 is 2.17 bits per heavy atom. The average Bonchev–Trinajstić information content (AvgIpc) is 2.41. The van der Waals surface area contributed by atoms with Crippen molar-refractivity contribution in [3.05, 3.63) is 53.2 Å². The summed E-state index contributed by atoms with van der Waals surface area (Å²) >= 11 is 5.78. The van der Waals surface area contributed by atoms with E-state index in [9.17, 15) is 9.18 Å². The normalized spacial score (nSPS) is 10.2. The summed E-state index contributed by atoms with van der Waals surface area (Å²) in [5.74, 6) is -0.634. The van der Waals surface area contributed by atoms with Crippen LogP contribution in [-0.2, 0) is 0 Å². The van der Waals surface area contributed by atoms with E-state index in [1.165, 1.54) is 11.9 Å². The summed E-state index contributed by atoms with van der Waals surface area (Å²) in [7, 11) is 1.53. The number of hydrogen-bond donors (Lipinski definition) is 0. The van der Waals surface area contributed by atoms with E-state index < -0.39 is 11.7 Å². The Morgan fingerprint density at radius 3 is 2.83 bits per heavy atom. The van der Waals surface area contributed by atoms with E-state index in [1.807, 2.05) is 0 Å². The van der Waals surface area contributed by atoms with Gasteiger partial charge in [-0.2, -0.15) is 0 Å². The van der Waals surface area contributed by atoms with Crippen molar-refractivity contribution in [3.8, 4) is 0 Å². The molecule has 2 aromatic heterocycles. The molecule has 0 aromatic carbocycles. The molecule has 0 aliphatic carbocycles. The second-order valence-electron chi connectivity index (χ2n) is 3.54. The standard InChI is InChI=1S/C12H9ClFN3O/c1-17(10-4-2-3-5-15-10)12(18)9-6-8(14)7-16-11(9)13/h2-7H,1H3. The number of pyridine rings is 2. The summed E-state index contributed by atoms with van der Waals surface area (Å²) in [5.41, 5.74) is 0.00446. The number of carbonyl (C=O) groups is 1. The molecule has 92 valence electrons. The number of rotatable bonds is 2. The van der Waals surface area contributed by atoms with Crippen LogP contribution in [0, 0.1) is 5.82 Å². The Labute approximate surface area is 108 Å². The molecular formula is C12H9ClFN3O. The number of aromatic nitrogens is 2. The highest BCUT2D eigenvalue weighted by Gasteiger charge is 2.18. The van der Waals surface area contributed by atoms with Gasteiger partial charge in [-0.05, 0) is 18.2 Å². The zero-order valence-electron chi connectivity index (χ0n) is 9.47. The molecule has 0 atom stereocenters. The summed E-state index contributed by atoms with van der Waals surface area (Å²) in [6, 6.07) is 6.20. The molecule has 0 bridgehead atoms. The van der Waals surface area contributed by atoms with E-state index in [0.29, 0.717) is 5.82 Å². The Hall–Kier alpha value is -2.01. The third kappa shape index (κ3) is 2.46. The molecule has 0 saturated heterocycles. The molecule has 4 nitrogen and oxygen atoms in total. The van der Waals surface area contributed by atoms with E-state index in [1.54, 1.807) is 24.4 Å². The van der Waals surface area contributed by atoms with Gasteiger partial charge in [-0.1, -0.05) is 17.7 Å². The molecule has 0 unspecified atom stereocenters. The largest absolute Gasteiger partial charge is 0.296 e. The van der Waals surface area contributed by atoms with Crippen molar-refractivity contribution < 1.29 is 9.18 Å². The smallest absolute Gasteiger partial charge is 0.262 e. The fourth-order valence-electron chi connectivity index (χ4n) is 1.41. The van der Waals surface area contributed by atoms with Crippen LogP contribution in [0.15, 0.2) is 36.7 Å². The zero-order valence-corrected chi connectivity index (χ0v) is 10.2. The first-order valence-corrected chi connectivity index (χ1v) is 5.47. The highest BCUT2D eigenvalue weighted by Crippen LogP contribution is 2.18. The Bertz CT molecular complexity index is 577. The summed E-state index contributed by atoms with van der Waals surface area (Å²) < 4.78 is 13.1. The first-order valence-electron chi connectivity index (χ1n) is 5.09. The van der Waals surface area contributed by atoms with Gasteiger partial charge in [0, 0.05) is 13.2 Å². The highest BCUT2D eigenvalue weighted by atomic mass is 35.5. The topological polar surface area (TPSA) is 46.1 Å². The molecule has 1 amide bonds. The Balaban J connectivity index is 2.34. The van der Waals surface area contributed by atoms with Gasteiger partial charge in [0.25, 0.3) is 5.91 Å². The molecule has 6 heteroatoms. The SMILES string of the molecule is CN(C(=O)c1cc(F)cnc1Cl)c1ccccn1. The highest BCUT2D eigenvalue weighted by molar-refractivity contribution is 6.33. The van der Waals surface area contributed by atoms with Gasteiger partial charge in [-0.3, -0.25) is 9.69 Å². The third-order valence-corrected chi connectivity index (χ3v) is 2.63. The van der Waals surface area contributed by atoms with Crippen molar-refractivity contribution in [1.82, 2.24) is 9.97 Å². The lowest BCUT2D eigenvalue weighted by atomic mass is 10.2. The number of carbonyl (C=O) groups excluding carboxylic acids is 1. The minimum absolute atomic E-state index is 0.00446. The van der Waals surface area contributed by atoms with Gasteiger partial charge in [-0.15, -0.1) is 0 Å². The predicted octanol–water partition coefficient (Wildman–Crippen LogP) is 2.55. The van der Waals surface area contributed by atoms with Crippen LogP contribution in [0.2, 0.25) is 5.15 Å². The summed E-state index contributed by atoms with van der Waals surface area (Å²) in [5, 5.41) is -0.0378. The van der Waals surface area contributed by atoms with Crippen molar-refractivity contribution in [2.24, 2.45) is 0 Å². The molecule has 2 rings (SSSR count). The molecule has 0 fully saturated rings. The molecule has 2 aromatic rings. The van der Waals surface area contributed by atoms with Gasteiger partial charge >= 0.3 is 0 Å². The van der Waals surface area contributed by atoms with Crippen LogP contribution >= 0.6 is 11.6 Å². The zero-order chi connectivity index (χ0) is 13.1. The Morgan fingerprint density at radius 1 is 1.39 bits per heavy atom. The van der Waals surface area contributed by atoms with Crippen molar-refractivity contribution in [1.29, 1.82) is 0 Å². The number of halogens is 2. The molecule has 0 aliphatic rings. The average molecular weight is 266 g/mol. The molecule has 0 N–H and O–H groups in total. The summed E-state index contributed by atoms with van der Waals surface area (Å²) in [6.45, 7) is 0. The minimum atomic E-state index is -0.614. The van der Waals surface area contributed by atoms with Crippen molar-refractivity contribution in [2.45, 2.75) is 0 Å². The minimum Gasteiger partial charge on any atom is -0.296 e. The van der Waals surface area contributed by atoms with Gasteiger partial charge in [-0.25, -0.2) is 14.4 Å². The number of amides is 1. The fourth-order valence-corrected chi connectivity index (χ4v) is 1.59. The monoisotopic (exact) mass is 265 g/mol. The van der Waals surface area contributed by atoms with Gasteiger partial charge in [0.1, 0.15) is 16.8 Å². The van der Waals surface area contributed by atoms with Crippen molar-refractivity contribution in [3.63, 3.8) is 0 Å². The third-order valence-electron chi connectivity index (χ3n) is 2.33. The maximum Gasteiger partial charge on any atom is 0.262 e. The summed E-state index contributed by atoms with van der Waals surface area (Å²) in [6.07, 6.45) is 2.52. The predicted molar refractivity (Wildman–Crippen MR) is 66.2 cm³/mol. The lowest BCUT2D eigenvalue weighted by molar-refractivity contribution is 0.0991. The fraction of sp³-hybridized carbons (Fsp3) is 0.0833. The lowest BCUT2D eigenvalue weighted by Crippen LogP contribution is -2.27. The maximum absolute atomic E-state index is 13.1. The quantitative estimate of drug-likeness (QED) is 0.784. The molecule has 0 radical (unpaired) electrons. The van der Waals surface area contributed by atoms with E-state index in [2.05, 4.69) is 9.97 Å². The first kappa shape index (κ1) is 12.4. The van der Waals surface area contributed by atoms with E-state index in [4.69, 9.17) is 11.6 Å². The number of anilines is 1. The van der Waals surface area contributed by atoms with Gasteiger partial charge in [0.2, 0.25) is 0 Å². The summed E-state index contributed by atoms with van der Waals surface area (Å²) in [4.78, 5) is 21.0. The van der Waals surface area contributed by atoms with Crippen LogP contribution in [0.4, 0.5) is 10.2 Å². The molecule has 2 heterocycles. The number of hydrogen-bond acceptors (Lipinski definition) is 3. The Kier molecular flexibility index (Phi) is 3.53. The van der Waals surface area contributed by atoms with Crippen LogP contribution in [0.25, 0.3) is 0 Å². The van der Waals surface area contributed by atoms with E-state index in [-0.39, 0.29) is 10.7 Å². The number of nitrogens with zero attached hydrogens (tertiary/aromatic N) is 3. The van der Waals surface area contributed by atoms with Crippen LogP contribution in [0.5, 0.6) is 0 Å². The van der Waals surface area contributed by atoms with Gasteiger partial charge < -0.3 is 0 Å². The van der Waals surface area contributed by atoms with E-state index >= 15 is 0 Å². The van der Waals surface area contributed by atoms with Crippen LogP contribution in [0.3, 0.4) is 0 Å². The van der Waals surface area contributed by atoms with Crippen LogP contribution < -0.4 is 4.90 Å². The molecular weight excluding hydrogens is 257 g/mol. The second kappa shape index (κ2) is 5.10. The van der Waals surface area contributed by atoms with Gasteiger partial charge in [0.05, 0.1) is 11.8 Å². The first-order chi connectivity index (χ1) is 8.59. The van der Waals surface area contributed by atoms with Crippen LogP contribution in [0.1, 0.15) is 10.4 Å². The van der Waals surface area contributed by atoms with Crippen molar-refractivity contribution >= 4 is 23.3 Å². The molecule has 0 aliphatic heterocycles. The van der Waals surface area contributed by atoms with E-state index in [0.717, 1.165) is 12.3 Å². The maximum atomic E-state index is 13.1. The molecule has 0 spiro atoms. The second-order valence-corrected chi connectivity index (χ2v) is 3.90. The van der Waals surface area contributed by atoms with Gasteiger partial charge in [0.15, 0.2) is 0 Å². The lowest BCUT2D eigenvalue weighted by Gasteiger charge is -2.16. The van der Waals surface area contributed by atoms with Crippen molar-refractivity contribution in [2.75, 3.05) is 11.9 Å². The molecule has 0 saturated carbocycles. The molecule has 18 heavy (non-hydrogen) atoms. The van der Waals surface area contributed by atoms with Crippen LogP contribution in [-0.4, -0.2) is 22.9 Å².